The number of amides is 2. The molecule has 4 rings (SSSR count). The fourth-order valence-corrected chi connectivity index (χ4v) is 5.62. The number of nitrogens with zero attached hydrogens (tertiary/aromatic N) is 3. The number of aliphatic hydroxyl groups excluding tert-OH is 1. The Bertz CT molecular complexity index is 935. The molecule has 0 aromatic heterocycles. The number of likely N-dealkylation sites (tertiary alicyclic amines) is 1. The number of benzene rings is 1. The molecule has 2 N–H and O–H groups in total. The first kappa shape index (κ1) is 23.4. The molecule has 0 radical (unpaired) electrons. The normalized spacial score (nSPS) is 27.7. The zero-order valence-corrected chi connectivity index (χ0v) is 19.5. The largest absolute Gasteiger partial charge is 0.447 e. The summed E-state index contributed by atoms with van der Waals surface area (Å²) in [7, 11) is 0. The number of piperidine rings is 1. The molecule has 8 heteroatoms. The highest BCUT2D eigenvalue weighted by atomic mass is 16.6. The van der Waals surface area contributed by atoms with E-state index in [0.29, 0.717) is 17.8 Å². The summed E-state index contributed by atoms with van der Waals surface area (Å²) in [6.07, 6.45) is 4.88. The molecule has 8 nitrogen and oxygen atoms in total. The van der Waals surface area contributed by atoms with Gasteiger partial charge >= 0.3 is 6.09 Å². The molecule has 178 valence electrons. The van der Waals surface area contributed by atoms with Crippen molar-refractivity contribution < 1.29 is 19.4 Å². The van der Waals surface area contributed by atoms with E-state index < -0.39 is 11.5 Å². The number of aliphatic hydroxyl groups is 1. The number of hydrogen-bond donors (Lipinski definition) is 2. The topological polar surface area (TPSA) is 106 Å². The van der Waals surface area contributed by atoms with Gasteiger partial charge in [-0.2, -0.15) is 5.26 Å². The number of ether oxygens (including phenoxy) is 1. The Morgan fingerprint density at radius 2 is 2.00 bits per heavy atom. The molecule has 0 bridgehead atoms. The van der Waals surface area contributed by atoms with Crippen LogP contribution in [0.15, 0.2) is 18.2 Å². The second-order valence-corrected chi connectivity index (χ2v) is 9.94. The zero-order chi connectivity index (χ0) is 23.6. The molecule has 3 fully saturated rings. The summed E-state index contributed by atoms with van der Waals surface area (Å²) in [5.41, 5.74) is 1.37. The summed E-state index contributed by atoms with van der Waals surface area (Å²) in [6, 6.07) is 7.77. The minimum absolute atomic E-state index is 0.229. The minimum Gasteiger partial charge on any atom is -0.447 e. The molecule has 1 atom stereocenters. The van der Waals surface area contributed by atoms with Crippen LogP contribution in [0.4, 0.5) is 16.2 Å². The molecule has 2 saturated heterocycles. The van der Waals surface area contributed by atoms with Crippen LogP contribution in [-0.2, 0) is 9.53 Å². The van der Waals surface area contributed by atoms with Gasteiger partial charge in [0.25, 0.3) is 0 Å². The highest BCUT2D eigenvalue weighted by Crippen LogP contribution is 2.44. The van der Waals surface area contributed by atoms with E-state index >= 15 is 0 Å². The fraction of sp³-hybridized carbons (Fsp3) is 0.640. The Morgan fingerprint density at radius 3 is 2.70 bits per heavy atom. The van der Waals surface area contributed by atoms with E-state index in [1.165, 1.54) is 0 Å². The average Bonchev–Trinajstić information content (AvgIpc) is 3.09. The van der Waals surface area contributed by atoms with Crippen LogP contribution >= 0.6 is 0 Å². The van der Waals surface area contributed by atoms with E-state index in [-0.39, 0.29) is 24.2 Å². The van der Waals surface area contributed by atoms with Crippen molar-refractivity contribution in [1.82, 2.24) is 4.90 Å². The number of nitriles is 1. The average molecular weight is 455 g/mol. The smallest absolute Gasteiger partial charge is 0.411 e. The van der Waals surface area contributed by atoms with Crippen molar-refractivity contribution in [1.29, 1.82) is 5.26 Å². The number of carbonyl (C=O) groups excluding carboxylic acids is 2. The van der Waals surface area contributed by atoms with E-state index in [1.807, 2.05) is 6.07 Å². The lowest BCUT2D eigenvalue weighted by Crippen LogP contribution is -2.50. The summed E-state index contributed by atoms with van der Waals surface area (Å²) >= 11 is 0. The number of anilines is 2. The second kappa shape index (κ2) is 9.60. The molecule has 1 aromatic carbocycles. The van der Waals surface area contributed by atoms with Gasteiger partial charge < -0.3 is 19.6 Å². The van der Waals surface area contributed by atoms with Gasteiger partial charge in [-0.15, -0.1) is 0 Å². The van der Waals surface area contributed by atoms with E-state index in [1.54, 1.807) is 26.0 Å². The predicted octanol–water partition coefficient (Wildman–Crippen LogP) is 3.64. The summed E-state index contributed by atoms with van der Waals surface area (Å²) in [6.45, 7) is 5.73. The van der Waals surface area contributed by atoms with Crippen LogP contribution in [0.3, 0.4) is 0 Å². The minimum atomic E-state index is -0.551. The number of hydrogen-bond acceptors (Lipinski definition) is 6. The maximum absolute atomic E-state index is 13.6. The Balaban J connectivity index is 1.47. The van der Waals surface area contributed by atoms with Crippen molar-refractivity contribution in [3.63, 3.8) is 0 Å². The Labute approximate surface area is 195 Å². The molecule has 1 aliphatic carbocycles. The van der Waals surface area contributed by atoms with Crippen molar-refractivity contribution in [2.75, 3.05) is 29.9 Å². The van der Waals surface area contributed by atoms with Crippen molar-refractivity contribution in [2.24, 2.45) is 5.41 Å². The molecular formula is C25H34N4O4. The van der Waals surface area contributed by atoms with Crippen LogP contribution in [0, 0.1) is 16.7 Å². The van der Waals surface area contributed by atoms with Gasteiger partial charge in [-0.3, -0.25) is 10.1 Å². The third kappa shape index (κ3) is 4.93. The molecular weight excluding hydrogens is 420 g/mol. The molecule has 3 aliphatic rings. The Morgan fingerprint density at radius 1 is 1.24 bits per heavy atom. The number of nitrogens with one attached hydrogen (secondary N) is 1. The van der Waals surface area contributed by atoms with Crippen LogP contribution in [0.25, 0.3) is 0 Å². The lowest BCUT2D eigenvalue weighted by atomic mass is 9.78. The lowest BCUT2D eigenvalue weighted by molar-refractivity contribution is -0.139. The van der Waals surface area contributed by atoms with Gasteiger partial charge in [0.1, 0.15) is 6.07 Å². The molecule has 2 aliphatic heterocycles. The molecule has 1 spiro atoms. The Kier molecular flexibility index (Phi) is 6.80. The molecule has 33 heavy (non-hydrogen) atoms. The van der Waals surface area contributed by atoms with E-state index in [4.69, 9.17) is 4.74 Å². The van der Waals surface area contributed by atoms with Crippen molar-refractivity contribution in [3.05, 3.63) is 23.8 Å². The zero-order valence-electron chi connectivity index (χ0n) is 19.5. The highest BCUT2D eigenvalue weighted by Gasteiger charge is 2.50. The van der Waals surface area contributed by atoms with Gasteiger partial charge in [0.15, 0.2) is 0 Å². The molecule has 1 aromatic rings. The van der Waals surface area contributed by atoms with Crippen LogP contribution < -0.4 is 10.2 Å². The fourth-order valence-electron chi connectivity index (χ4n) is 5.62. The van der Waals surface area contributed by atoms with Crippen LogP contribution in [-0.4, -0.2) is 59.9 Å². The first-order valence-corrected chi connectivity index (χ1v) is 12.1. The monoisotopic (exact) mass is 454 g/mol. The van der Waals surface area contributed by atoms with Gasteiger partial charge in [0, 0.05) is 31.4 Å². The first-order valence-electron chi connectivity index (χ1n) is 12.1. The number of rotatable bonds is 4. The van der Waals surface area contributed by atoms with E-state index in [0.717, 1.165) is 63.7 Å². The first-order chi connectivity index (χ1) is 15.8. The van der Waals surface area contributed by atoms with Gasteiger partial charge in [-0.1, -0.05) is 0 Å². The standard InChI is InChI=1S/C25H34N4O4/c1-17(2)33-24(32)27-19-4-9-22(18(14-19)15-26)28-12-3-10-25(16-28)11-13-29(23(25)31)20-5-7-21(30)8-6-20/h4,9,14,17,20-21,30H,3,5-8,10-13,16H2,1-2H3,(H,27,32)/t20-,21-,25-/m0/s1. The van der Waals surface area contributed by atoms with Gasteiger partial charge in [-0.05, 0) is 77.0 Å². The highest BCUT2D eigenvalue weighted by molar-refractivity contribution is 5.87. The molecule has 2 heterocycles. The van der Waals surface area contributed by atoms with Crippen molar-refractivity contribution in [2.45, 2.75) is 77.0 Å². The van der Waals surface area contributed by atoms with Crippen molar-refractivity contribution >= 4 is 23.4 Å². The van der Waals surface area contributed by atoms with E-state index in [2.05, 4.69) is 21.2 Å². The Hall–Kier alpha value is -2.79. The number of carbonyl (C=O) groups is 2. The van der Waals surface area contributed by atoms with Crippen LogP contribution in [0.5, 0.6) is 0 Å². The van der Waals surface area contributed by atoms with Crippen LogP contribution in [0.2, 0.25) is 0 Å². The lowest BCUT2D eigenvalue weighted by Gasteiger charge is -2.41. The SMILES string of the molecule is CC(C)OC(=O)Nc1ccc(N2CCC[C@]3(CCN([C@H]4CC[C@H](O)CC4)C3=O)C2)c(C#N)c1. The van der Waals surface area contributed by atoms with Gasteiger partial charge in [0.2, 0.25) is 5.91 Å². The molecule has 1 saturated carbocycles. The van der Waals surface area contributed by atoms with Crippen molar-refractivity contribution in [3.8, 4) is 6.07 Å². The van der Waals surface area contributed by atoms with Gasteiger partial charge in [0.05, 0.1) is 28.9 Å². The summed E-state index contributed by atoms with van der Waals surface area (Å²) in [4.78, 5) is 29.7. The predicted molar refractivity (Wildman–Crippen MR) is 125 cm³/mol. The maximum Gasteiger partial charge on any atom is 0.411 e. The summed E-state index contributed by atoms with van der Waals surface area (Å²) in [5, 5.41) is 22.3. The summed E-state index contributed by atoms with van der Waals surface area (Å²) in [5.74, 6) is 0.238. The van der Waals surface area contributed by atoms with E-state index in [9.17, 15) is 20.0 Å². The maximum atomic E-state index is 13.6. The summed E-state index contributed by atoms with van der Waals surface area (Å²) < 4.78 is 5.12. The van der Waals surface area contributed by atoms with Crippen LogP contribution in [0.1, 0.15) is 64.4 Å². The molecule has 2 amide bonds. The third-order valence-electron chi connectivity index (χ3n) is 7.28. The van der Waals surface area contributed by atoms with Gasteiger partial charge in [-0.25, -0.2) is 4.79 Å². The molecule has 0 unspecified atom stereocenters. The third-order valence-corrected chi connectivity index (χ3v) is 7.28. The quantitative estimate of drug-likeness (QED) is 0.720. The second-order valence-electron chi connectivity index (χ2n) is 9.94.